The first-order valence-electron chi connectivity index (χ1n) is 6.81. The molecule has 1 saturated heterocycles. The van der Waals surface area contributed by atoms with Gasteiger partial charge < -0.3 is 10.6 Å². The number of likely N-dealkylation sites (N-methyl/N-ethyl adjacent to an activating group) is 1. The number of hydrogen-bond acceptors (Lipinski definition) is 3. The third-order valence-electron chi connectivity index (χ3n) is 4.14. The summed E-state index contributed by atoms with van der Waals surface area (Å²) in [6.45, 7) is 8.80. The normalized spacial score (nSPS) is 27.3. The number of anilines is 1. The van der Waals surface area contributed by atoms with E-state index in [-0.39, 0.29) is 6.04 Å². The third kappa shape index (κ3) is 2.68. The molecule has 1 fully saturated rings. The van der Waals surface area contributed by atoms with E-state index in [4.69, 9.17) is 5.73 Å². The summed E-state index contributed by atoms with van der Waals surface area (Å²) in [6, 6.07) is 10.0. The maximum Gasteiger partial charge on any atom is 0.0367 e. The molecule has 3 nitrogen and oxygen atoms in total. The van der Waals surface area contributed by atoms with E-state index in [0.29, 0.717) is 12.1 Å². The highest BCUT2D eigenvalue weighted by Gasteiger charge is 2.26. The number of rotatable bonds is 2. The fraction of sp³-hybridized carbons (Fsp3) is 0.600. The molecule has 1 aromatic rings. The molecule has 0 amide bonds. The van der Waals surface area contributed by atoms with Gasteiger partial charge in [-0.1, -0.05) is 12.1 Å². The molecule has 1 aliphatic rings. The van der Waals surface area contributed by atoms with Gasteiger partial charge in [-0.2, -0.15) is 0 Å². The Morgan fingerprint density at radius 1 is 1.11 bits per heavy atom. The molecule has 0 spiro atoms. The molecular weight excluding hydrogens is 222 g/mol. The van der Waals surface area contributed by atoms with Gasteiger partial charge in [0.1, 0.15) is 0 Å². The van der Waals surface area contributed by atoms with Crippen LogP contribution in [0.4, 0.5) is 5.69 Å². The predicted octanol–water partition coefficient (Wildman–Crippen LogP) is 2.24. The van der Waals surface area contributed by atoms with Crippen LogP contribution < -0.4 is 10.6 Å². The van der Waals surface area contributed by atoms with Crippen molar-refractivity contribution in [2.45, 2.75) is 38.9 Å². The lowest BCUT2D eigenvalue weighted by atomic mass is 10.1. The van der Waals surface area contributed by atoms with Crippen molar-refractivity contribution in [3.05, 3.63) is 29.8 Å². The number of nitrogens with two attached hydrogens (primary N) is 1. The largest absolute Gasteiger partial charge is 0.368 e. The van der Waals surface area contributed by atoms with Crippen molar-refractivity contribution in [2.75, 3.05) is 25.0 Å². The third-order valence-corrected chi connectivity index (χ3v) is 4.14. The Morgan fingerprint density at radius 2 is 1.61 bits per heavy atom. The van der Waals surface area contributed by atoms with Crippen LogP contribution in [0.15, 0.2) is 24.3 Å². The fourth-order valence-corrected chi connectivity index (χ4v) is 2.60. The van der Waals surface area contributed by atoms with Gasteiger partial charge in [-0.05, 0) is 45.5 Å². The second-order valence-electron chi connectivity index (χ2n) is 5.65. The Kier molecular flexibility index (Phi) is 3.93. The number of nitrogens with zero attached hydrogens (tertiary/aromatic N) is 2. The van der Waals surface area contributed by atoms with Gasteiger partial charge in [0, 0.05) is 36.9 Å². The summed E-state index contributed by atoms with van der Waals surface area (Å²) in [6.07, 6.45) is 0. The van der Waals surface area contributed by atoms with Crippen LogP contribution in [0.25, 0.3) is 0 Å². The average Bonchev–Trinajstić information content (AvgIpc) is 2.35. The van der Waals surface area contributed by atoms with E-state index in [1.807, 2.05) is 6.92 Å². The summed E-state index contributed by atoms with van der Waals surface area (Å²) >= 11 is 0. The van der Waals surface area contributed by atoms with Gasteiger partial charge in [-0.15, -0.1) is 0 Å². The monoisotopic (exact) mass is 247 g/mol. The van der Waals surface area contributed by atoms with Crippen molar-refractivity contribution in [1.82, 2.24) is 4.90 Å². The van der Waals surface area contributed by atoms with E-state index in [2.05, 4.69) is 55.0 Å². The molecule has 2 rings (SSSR count). The van der Waals surface area contributed by atoms with Crippen LogP contribution >= 0.6 is 0 Å². The van der Waals surface area contributed by atoms with Gasteiger partial charge in [0.15, 0.2) is 0 Å². The number of hydrogen-bond donors (Lipinski definition) is 1. The van der Waals surface area contributed by atoms with Crippen LogP contribution in [0, 0.1) is 0 Å². The van der Waals surface area contributed by atoms with Crippen molar-refractivity contribution in [1.29, 1.82) is 0 Å². The van der Waals surface area contributed by atoms with Gasteiger partial charge in [0.2, 0.25) is 0 Å². The molecule has 2 N–H and O–H groups in total. The quantitative estimate of drug-likeness (QED) is 0.870. The Hall–Kier alpha value is -1.06. The highest BCUT2D eigenvalue weighted by molar-refractivity contribution is 5.48. The minimum atomic E-state index is 0.115. The van der Waals surface area contributed by atoms with Gasteiger partial charge in [0.25, 0.3) is 0 Å². The number of piperazine rings is 1. The smallest absolute Gasteiger partial charge is 0.0367 e. The predicted molar refractivity (Wildman–Crippen MR) is 77.9 cm³/mol. The van der Waals surface area contributed by atoms with E-state index in [9.17, 15) is 0 Å². The van der Waals surface area contributed by atoms with Crippen LogP contribution in [0.2, 0.25) is 0 Å². The molecule has 2 unspecified atom stereocenters. The van der Waals surface area contributed by atoms with E-state index in [1.54, 1.807) is 0 Å². The SMILES string of the molecule is CC1CN(c2ccc([C@H](C)N)cc2)CC(C)N1C. The van der Waals surface area contributed by atoms with Crippen molar-refractivity contribution in [3.63, 3.8) is 0 Å². The van der Waals surface area contributed by atoms with E-state index in [1.165, 1.54) is 11.3 Å². The molecular formula is C15H25N3. The summed E-state index contributed by atoms with van der Waals surface area (Å²) in [7, 11) is 2.21. The van der Waals surface area contributed by atoms with Crippen LogP contribution in [-0.4, -0.2) is 37.1 Å². The molecule has 0 bridgehead atoms. The Morgan fingerprint density at radius 3 is 2.06 bits per heavy atom. The lowest BCUT2D eigenvalue weighted by Crippen LogP contribution is -2.55. The van der Waals surface area contributed by atoms with Gasteiger partial charge in [0.05, 0.1) is 0 Å². The molecule has 1 aliphatic heterocycles. The minimum Gasteiger partial charge on any atom is -0.368 e. The Labute approximate surface area is 111 Å². The Balaban J connectivity index is 2.12. The highest BCUT2D eigenvalue weighted by atomic mass is 15.3. The van der Waals surface area contributed by atoms with Crippen molar-refractivity contribution < 1.29 is 0 Å². The molecule has 1 aromatic carbocycles. The molecule has 100 valence electrons. The minimum absolute atomic E-state index is 0.115. The van der Waals surface area contributed by atoms with Crippen LogP contribution in [0.3, 0.4) is 0 Å². The summed E-state index contributed by atoms with van der Waals surface area (Å²) in [4.78, 5) is 4.92. The average molecular weight is 247 g/mol. The summed E-state index contributed by atoms with van der Waals surface area (Å²) < 4.78 is 0. The summed E-state index contributed by atoms with van der Waals surface area (Å²) in [5, 5.41) is 0. The zero-order valence-corrected chi connectivity index (χ0v) is 11.9. The zero-order chi connectivity index (χ0) is 13.3. The van der Waals surface area contributed by atoms with E-state index >= 15 is 0 Å². The molecule has 3 atom stereocenters. The maximum atomic E-state index is 5.88. The highest BCUT2D eigenvalue weighted by Crippen LogP contribution is 2.23. The first-order chi connectivity index (χ1) is 8.49. The second-order valence-corrected chi connectivity index (χ2v) is 5.65. The Bertz CT molecular complexity index is 373. The van der Waals surface area contributed by atoms with Crippen molar-refractivity contribution in [2.24, 2.45) is 5.73 Å². The topological polar surface area (TPSA) is 32.5 Å². The summed E-state index contributed by atoms with van der Waals surface area (Å²) in [5.74, 6) is 0. The number of benzene rings is 1. The summed E-state index contributed by atoms with van der Waals surface area (Å²) in [5.41, 5.74) is 8.40. The molecule has 3 heteroatoms. The zero-order valence-electron chi connectivity index (χ0n) is 11.9. The standard InChI is InChI=1S/C15H25N3/c1-11-9-18(10-12(2)17(11)4)15-7-5-14(6-8-15)13(3)16/h5-8,11-13H,9-10,16H2,1-4H3/t11?,12?,13-/m0/s1. The maximum absolute atomic E-state index is 5.88. The van der Waals surface area contributed by atoms with E-state index in [0.717, 1.165) is 13.1 Å². The first kappa shape index (κ1) is 13.4. The van der Waals surface area contributed by atoms with Gasteiger partial charge >= 0.3 is 0 Å². The fourth-order valence-electron chi connectivity index (χ4n) is 2.60. The van der Waals surface area contributed by atoms with Gasteiger partial charge in [-0.3, -0.25) is 4.90 Å². The molecule has 0 aromatic heterocycles. The van der Waals surface area contributed by atoms with Crippen molar-refractivity contribution in [3.8, 4) is 0 Å². The van der Waals surface area contributed by atoms with Crippen molar-refractivity contribution >= 4 is 5.69 Å². The first-order valence-corrected chi connectivity index (χ1v) is 6.81. The van der Waals surface area contributed by atoms with Crippen LogP contribution in [0.5, 0.6) is 0 Å². The van der Waals surface area contributed by atoms with Crippen LogP contribution in [-0.2, 0) is 0 Å². The van der Waals surface area contributed by atoms with E-state index < -0.39 is 0 Å². The molecule has 1 heterocycles. The lowest BCUT2D eigenvalue weighted by molar-refractivity contribution is 0.170. The van der Waals surface area contributed by atoms with Gasteiger partial charge in [-0.25, -0.2) is 0 Å². The molecule has 0 saturated carbocycles. The van der Waals surface area contributed by atoms with Crippen LogP contribution in [0.1, 0.15) is 32.4 Å². The second kappa shape index (κ2) is 5.29. The lowest BCUT2D eigenvalue weighted by Gasteiger charge is -2.43. The molecule has 0 aliphatic carbocycles. The molecule has 18 heavy (non-hydrogen) atoms. The molecule has 0 radical (unpaired) electrons.